The summed E-state index contributed by atoms with van der Waals surface area (Å²) in [6.07, 6.45) is 3.41. The molecule has 0 spiro atoms. The van der Waals surface area contributed by atoms with Crippen LogP contribution in [0.25, 0.3) is 0 Å². The highest BCUT2D eigenvalue weighted by Crippen LogP contribution is 2.21. The fourth-order valence-corrected chi connectivity index (χ4v) is 3.77. The van der Waals surface area contributed by atoms with Gasteiger partial charge in [-0.3, -0.25) is 14.4 Å². The van der Waals surface area contributed by atoms with E-state index in [0.29, 0.717) is 50.1 Å². The number of aryl methyl sites for hydroxylation is 1. The van der Waals surface area contributed by atoms with Gasteiger partial charge in [-0.25, -0.2) is 0 Å². The fraction of sp³-hybridized carbons (Fsp3) is 0.400. The Hall–Kier alpha value is -3.15. The number of amides is 3. The minimum Gasteiger partial charge on any atom is -0.352 e. The smallest absolute Gasteiger partial charge is 0.251 e. The Bertz CT molecular complexity index is 890. The van der Waals surface area contributed by atoms with Crippen LogP contribution in [0.15, 0.2) is 54.6 Å². The Kier molecular flexibility index (Phi) is 8.21. The van der Waals surface area contributed by atoms with Crippen LogP contribution < -0.4 is 10.6 Å². The van der Waals surface area contributed by atoms with Crippen molar-refractivity contribution in [1.82, 2.24) is 10.2 Å². The second kappa shape index (κ2) is 11.3. The zero-order valence-corrected chi connectivity index (χ0v) is 18.1. The third kappa shape index (κ3) is 6.67. The van der Waals surface area contributed by atoms with Crippen LogP contribution in [0.5, 0.6) is 0 Å². The monoisotopic (exact) mass is 421 g/mol. The van der Waals surface area contributed by atoms with Crippen LogP contribution in [0, 0.1) is 5.92 Å². The van der Waals surface area contributed by atoms with Crippen LogP contribution in [-0.2, 0) is 16.0 Å². The standard InChI is InChI=1S/C25H31N3O3/c1-2-15-26-24(30)21-9-6-10-22(18-21)27-25(31)20-13-16-28(17-14-20)23(29)12-11-19-7-4-3-5-8-19/h3-10,18,20H,2,11-17H2,1H3,(H,26,30)(H,27,31). The first-order valence-electron chi connectivity index (χ1n) is 11.1. The number of carbonyl (C=O) groups excluding carboxylic acids is 3. The molecule has 3 amide bonds. The Morgan fingerprint density at radius 2 is 1.74 bits per heavy atom. The van der Waals surface area contributed by atoms with Gasteiger partial charge in [0.2, 0.25) is 11.8 Å². The molecule has 164 valence electrons. The summed E-state index contributed by atoms with van der Waals surface area (Å²) in [5, 5.41) is 5.77. The molecule has 31 heavy (non-hydrogen) atoms. The highest BCUT2D eigenvalue weighted by molar-refractivity contribution is 5.97. The second-order valence-electron chi connectivity index (χ2n) is 7.97. The molecule has 3 rings (SSSR count). The number of nitrogens with one attached hydrogen (secondary N) is 2. The second-order valence-corrected chi connectivity index (χ2v) is 7.97. The van der Waals surface area contributed by atoms with Crippen molar-refractivity contribution in [2.45, 2.75) is 39.0 Å². The summed E-state index contributed by atoms with van der Waals surface area (Å²) >= 11 is 0. The molecule has 0 saturated carbocycles. The zero-order chi connectivity index (χ0) is 22.1. The van der Waals surface area contributed by atoms with Gasteiger partial charge in [0, 0.05) is 43.2 Å². The molecule has 6 heteroatoms. The van der Waals surface area contributed by atoms with E-state index < -0.39 is 0 Å². The van der Waals surface area contributed by atoms with E-state index in [9.17, 15) is 14.4 Å². The first kappa shape index (κ1) is 22.5. The van der Waals surface area contributed by atoms with E-state index in [4.69, 9.17) is 0 Å². The number of carbonyl (C=O) groups is 3. The topological polar surface area (TPSA) is 78.5 Å². The molecular formula is C25H31N3O3. The molecule has 0 bridgehead atoms. The molecule has 0 unspecified atom stereocenters. The summed E-state index contributed by atoms with van der Waals surface area (Å²) in [6, 6.07) is 17.0. The van der Waals surface area contributed by atoms with Gasteiger partial charge in [-0.15, -0.1) is 0 Å². The highest BCUT2D eigenvalue weighted by Gasteiger charge is 2.27. The first-order valence-corrected chi connectivity index (χ1v) is 11.1. The summed E-state index contributed by atoms with van der Waals surface area (Å²) in [7, 11) is 0. The summed E-state index contributed by atoms with van der Waals surface area (Å²) in [6.45, 7) is 3.83. The first-order chi connectivity index (χ1) is 15.1. The molecule has 1 fully saturated rings. The molecule has 1 heterocycles. The van der Waals surface area contributed by atoms with Crippen molar-refractivity contribution in [2.24, 2.45) is 5.92 Å². The molecule has 2 aromatic carbocycles. The number of hydrogen-bond donors (Lipinski definition) is 2. The highest BCUT2D eigenvalue weighted by atomic mass is 16.2. The average Bonchev–Trinajstić information content (AvgIpc) is 2.82. The van der Waals surface area contributed by atoms with Crippen molar-refractivity contribution in [2.75, 3.05) is 25.0 Å². The number of benzene rings is 2. The molecule has 0 radical (unpaired) electrons. The van der Waals surface area contributed by atoms with Gasteiger partial charge in [0.15, 0.2) is 0 Å². The molecule has 2 aromatic rings. The van der Waals surface area contributed by atoms with Crippen LogP contribution >= 0.6 is 0 Å². The van der Waals surface area contributed by atoms with Gasteiger partial charge >= 0.3 is 0 Å². The van der Waals surface area contributed by atoms with Crippen LogP contribution in [0.4, 0.5) is 5.69 Å². The molecule has 1 aliphatic heterocycles. The predicted octanol–water partition coefficient (Wildman–Crippen LogP) is 3.64. The van der Waals surface area contributed by atoms with Gasteiger partial charge in [-0.1, -0.05) is 43.3 Å². The van der Waals surface area contributed by atoms with Crippen molar-refractivity contribution in [1.29, 1.82) is 0 Å². The lowest BCUT2D eigenvalue weighted by Crippen LogP contribution is -2.41. The zero-order valence-electron chi connectivity index (χ0n) is 18.1. The quantitative estimate of drug-likeness (QED) is 0.683. The Morgan fingerprint density at radius 3 is 2.45 bits per heavy atom. The van der Waals surface area contributed by atoms with E-state index in [-0.39, 0.29) is 23.6 Å². The number of rotatable bonds is 8. The molecular weight excluding hydrogens is 390 g/mol. The molecule has 0 aliphatic carbocycles. The number of likely N-dealkylation sites (tertiary alicyclic amines) is 1. The number of anilines is 1. The third-order valence-corrected chi connectivity index (χ3v) is 5.62. The maximum Gasteiger partial charge on any atom is 0.251 e. The Balaban J connectivity index is 1.46. The van der Waals surface area contributed by atoms with Crippen molar-refractivity contribution in [3.8, 4) is 0 Å². The normalized spacial score (nSPS) is 14.2. The van der Waals surface area contributed by atoms with E-state index in [1.165, 1.54) is 0 Å². The van der Waals surface area contributed by atoms with E-state index >= 15 is 0 Å². The fourth-order valence-electron chi connectivity index (χ4n) is 3.77. The summed E-state index contributed by atoms with van der Waals surface area (Å²) in [4.78, 5) is 39.2. The van der Waals surface area contributed by atoms with Gasteiger partial charge in [0.05, 0.1) is 0 Å². The lowest BCUT2D eigenvalue weighted by atomic mass is 9.95. The number of piperidine rings is 1. The summed E-state index contributed by atoms with van der Waals surface area (Å²) < 4.78 is 0. The largest absolute Gasteiger partial charge is 0.352 e. The van der Waals surface area contributed by atoms with E-state index in [1.54, 1.807) is 24.3 Å². The van der Waals surface area contributed by atoms with Gasteiger partial charge in [0.25, 0.3) is 5.91 Å². The molecule has 0 atom stereocenters. The summed E-state index contributed by atoms with van der Waals surface area (Å²) in [5.74, 6) is -0.174. The maximum atomic E-state index is 12.7. The van der Waals surface area contributed by atoms with Gasteiger partial charge in [-0.05, 0) is 49.4 Å². The van der Waals surface area contributed by atoms with Crippen LogP contribution in [0.3, 0.4) is 0 Å². The Morgan fingerprint density at radius 1 is 1.00 bits per heavy atom. The van der Waals surface area contributed by atoms with E-state index in [1.807, 2.05) is 42.2 Å². The van der Waals surface area contributed by atoms with Crippen molar-refractivity contribution >= 4 is 23.4 Å². The van der Waals surface area contributed by atoms with Crippen molar-refractivity contribution < 1.29 is 14.4 Å². The lowest BCUT2D eigenvalue weighted by molar-refractivity contribution is -0.134. The van der Waals surface area contributed by atoms with Crippen LogP contribution in [-0.4, -0.2) is 42.3 Å². The van der Waals surface area contributed by atoms with E-state index in [0.717, 1.165) is 18.4 Å². The molecule has 6 nitrogen and oxygen atoms in total. The lowest BCUT2D eigenvalue weighted by Gasteiger charge is -2.31. The van der Waals surface area contributed by atoms with Crippen LogP contribution in [0.1, 0.15) is 48.5 Å². The Labute approximate surface area is 184 Å². The maximum absolute atomic E-state index is 12.7. The number of hydrogen-bond acceptors (Lipinski definition) is 3. The van der Waals surface area contributed by atoms with E-state index in [2.05, 4.69) is 10.6 Å². The molecule has 1 saturated heterocycles. The summed E-state index contributed by atoms with van der Waals surface area (Å²) in [5.41, 5.74) is 2.32. The third-order valence-electron chi connectivity index (χ3n) is 5.62. The minimum absolute atomic E-state index is 0.0532. The van der Waals surface area contributed by atoms with Crippen molar-refractivity contribution in [3.63, 3.8) is 0 Å². The molecule has 0 aromatic heterocycles. The molecule has 2 N–H and O–H groups in total. The van der Waals surface area contributed by atoms with Crippen molar-refractivity contribution in [3.05, 3.63) is 65.7 Å². The minimum atomic E-state index is -0.139. The van der Waals surface area contributed by atoms with Gasteiger partial charge in [0.1, 0.15) is 0 Å². The predicted molar refractivity (Wildman–Crippen MR) is 122 cm³/mol. The SMILES string of the molecule is CCCNC(=O)c1cccc(NC(=O)C2CCN(C(=O)CCc3ccccc3)CC2)c1. The van der Waals surface area contributed by atoms with Crippen LogP contribution in [0.2, 0.25) is 0 Å². The number of nitrogens with zero attached hydrogens (tertiary/aromatic N) is 1. The average molecular weight is 422 g/mol. The van der Waals surface area contributed by atoms with Gasteiger partial charge < -0.3 is 15.5 Å². The molecule has 1 aliphatic rings. The van der Waals surface area contributed by atoms with Gasteiger partial charge in [-0.2, -0.15) is 0 Å².